The normalized spacial score (nSPS) is 15.9. The van der Waals surface area contributed by atoms with Crippen molar-refractivity contribution in [3.05, 3.63) is 76.0 Å². The molecule has 0 N–H and O–H groups in total. The zero-order valence-corrected chi connectivity index (χ0v) is 23.1. The number of aryl methyl sites for hydroxylation is 2. The Morgan fingerprint density at radius 2 is 1.71 bits per heavy atom. The number of piperazine rings is 1. The van der Waals surface area contributed by atoms with E-state index in [0.717, 1.165) is 90.8 Å². The first-order chi connectivity index (χ1) is 20.0. The second-order valence-electron chi connectivity index (χ2n) is 10.6. The van der Waals surface area contributed by atoms with Crippen molar-refractivity contribution >= 4 is 22.1 Å². The highest BCUT2D eigenvalue weighted by molar-refractivity contribution is 5.94. The average molecular weight is 556 g/mol. The van der Waals surface area contributed by atoms with Gasteiger partial charge in [-0.15, -0.1) is 0 Å². The molecular formula is C31H31N4O6+. The Kier molecular flexibility index (Phi) is 6.27. The Morgan fingerprint density at radius 3 is 2.41 bits per heavy atom. The van der Waals surface area contributed by atoms with Crippen LogP contribution in [0.1, 0.15) is 11.1 Å². The molecule has 0 bridgehead atoms. The minimum atomic E-state index is -0.363. The maximum absolute atomic E-state index is 11.0. The zero-order valence-electron chi connectivity index (χ0n) is 23.1. The van der Waals surface area contributed by atoms with E-state index in [-0.39, 0.29) is 17.4 Å². The number of pyridine rings is 1. The summed E-state index contributed by atoms with van der Waals surface area (Å²) in [5.41, 5.74) is 5.87. The molecule has 0 amide bonds. The predicted molar refractivity (Wildman–Crippen MR) is 153 cm³/mol. The molecule has 4 aromatic rings. The molecule has 0 atom stereocenters. The minimum absolute atomic E-state index is 0.112. The summed E-state index contributed by atoms with van der Waals surface area (Å²) in [5, 5.41) is 13.2. The van der Waals surface area contributed by atoms with Gasteiger partial charge in [-0.2, -0.15) is 4.57 Å². The number of rotatable bonds is 6. The molecule has 7 rings (SSSR count). The number of ether oxygens (including phenoxy) is 4. The fourth-order valence-corrected chi connectivity index (χ4v) is 6.24. The molecule has 1 fully saturated rings. The van der Waals surface area contributed by atoms with E-state index in [0.29, 0.717) is 0 Å². The van der Waals surface area contributed by atoms with Crippen molar-refractivity contribution in [2.75, 3.05) is 52.1 Å². The van der Waals surface area contributed by atoms with Gasteiger partial charge in [-0.1, -0.05) is 0 Å². The van der Waals surface area contributed by atoms with Gasteiger partial charge in [0, 0.05) is 68.4 Å². The van der Waals surface area contributed by atoms with Gasteiger partial charge in [-0.05, 0) is 41.5 Å². The number of methoxy groups -OCH3 is 2. The molecule has 10 nitrogen and oxygen atoms in total. The zero-order chi connectivity index (χ0) is 28.1. The quantitative estimate of drug-likeness (QED) is 0.197. The van der Waals surface area contributed by atoms with E-state index >= 15 is 0 Å². The second kappa shape index (κ2) is 10.1. The van der Waals surface area contributed by atoms with E-state index in [1.165, 1.54) is 16.7 Å². The van der Waals surface area contributed by atoms with Gasteiger partial charge in [0.05, 0.1) is 30.1 Å². The van der Waals surface area contributed by atoms with Crippen molar-refractivity contribution < 1.29 is 28.4 Å². The van der Waals surface area contributed by atoms with Crippen LogP contribution in [0, 0.1) is 10.1 Å². The van der Waals surface area contributed by atoms with E-state index in [1.54, 1.807) is 26.4 Å². The van der Waals surface area contributed by atoms with Gasteiger partial charge in [0.1, 0.15) is 0 Å². The molecule has 41 heavy (non-hydrogen) atoms. The molecule has 3 aromatic carbocycles. The summed E-state index contributed by atoms with van der Waals surface area (Å²) in [5.74, 6) is 3.06. The first kappa shape index (κ1) is 25.4. The van der Waals surface area contributed by atoms with Crippen molar-refractivity contribution in [1.82, 2.24) is 4.90 Å². The second-order valence-corrected chi connectivity index (χ2v) is 10.6. The summed E-state index contributed by atoms with van der Waals surface area (Å²) >= 11 is 0. The number of hydrogen-bond acceptors (Lipinski definition) is 8. The number of non-ortho nitro benzene ring substituents is 1. The number of nitrogens with zero attached hydrogens (tertiary/aromatic N) is 4. The molecule has 0 radical (unpaired) electrons. The first-order valence-electron chi connectivity index (χ1n) is 13.8. The number of hydrogen-bond donors (Lipinski definition) is 0. The summed E-state index contributed by atoms with van der Waals surface area (Å²) in [6.07, 6.45) is 3.10. The van der Waals surface area contributed by atoms with Crippen LogP contribution < -0.4 is 28.4 Å². The molecule has 0 aliphatic carbocycles. The SMILES string of the molecule is COc1cc(CN2CCN(c3ccc([N+](=O)[O-])cc3)CC2)c2cc3[n+](cc2c1OC)CCc1cc2c(cc1-3)OCO2. The molecular weight excluding hydrogens is 524 g/mol. The maximum atomic E-state index is 11.0. The molecule has 3 aliphatic rings. The van der Waals surface area contributed by atoms with Crippen LogP contribution in [0.2, 0.25) is 0 Å². The van der Waals surface area contributed by atoms with Crippen molar-refractivity contribution in [3.63, 3.8) is 0 Å². The lowest BCUT2D eigenvalue weighted by Gasteiger charge is -2.36. The lowest BCUT2D eigenvalue weighted by Crippen LogP contribution is -2.46. The highest BCUT2D eigenvalue weighted by atomic mass is 16.7. The smallest absolute Gasteiger partial charge is 0.269 e. The fraction of sp³-hybridized carbons (Fsp3) is 0.323. The van der Waals surface area contributed by atoms with Gasteiger partial charge in [-0.25, -0.2) is 0 Å². The third-order valence-electron chi connectivity index (χ3n) is 8.40. The van der Waals surface area contributed by atoms with Crippen LogP contribution in [0.15, 0.2) is 54.7 Å². The number of fused-ring (bicyclic) bond motifs is 5. The summed E-state index contributed by atoms with van der Waals surface area (Å²) in [7, 11) is 3.37. The van der Waals surface area contributed by atoms with Gasteiger partial charge in [0.15, 0.2) is 35.7 Å². The summed E-state index contributed by atoms with van der Waals surface area (Å²) in [6.45, 7) is 5.32. The van der Waals surface area contributed by atoms with Crippen LogP contribution in [-0.4, -0.2) is 57.0 Å². The molecule has 1 aromatic heterocycles. The lowest BCUT2D eigenvalue weighted by atomic mass is 9.93. The largest absolute Gasteiger partial charge is 0.493 e. The number of aromatic nitrogens is 1. The molecule has 10 heteroatoms. The third-order valence-corrected chi connectivity index (χ3v) is 8.40. The van der Waals surface area contributed by atoms with Crippen LogP contribution in [0.25, 0.3) is 22.0 Å². The van der Waals surface area contributed by atoms with E-state index in [2.05, 4.69) is 44.8 Å². The van der Waals surface area contributed by atoms with Crippen LogP contribution in [0.5, 0.6) is 23.0 Å². The Labute approximate surface area is 237 Å². The number of anilines is 1. The third kappa shape index (κ3) is 4.44. The van der Waals surface area contributed by atoms with Crippen molar-refractivity contribution in [3.8, 4) is 34.3 Å². The van der Waals surface area contributed by atoms with Crippen LogP contribution in [0.3, 0.4) is 0 Å². The first-order valence-corrected chi connectivity index (χ1v) is 13.8. The van der Waals surface area contributed by atoms with E-state index in [4.69, 9.17) is 18.9 Å². The van der Waals surface area contributed by atoms with Gasteiger partial charge in [0.25, 0.3) is 5.69 Å². The van der Waals surface area contributed by atoms with Gasteiger partial charge < -0.3 is 23.8 Å². The van der Waals surface area contributed by atoms with Crippen LogP contribution in [0.4, 0.5) is 11.4 Å². The summed E-state index contributed by atoms with van der Waals surface area (Å²) in [4.78, 5) is 15.4. The minimum Gasteiger partial charge on any atom is -0.493 e. The molecule has 4 heterocycles. The molecule has 3 aliphatic heterocycles. The monoisotopic (exact) mass is 555 g/mol. The van der Waals surface area contributed by atoms with Crippen molar-refractivity contribution in [2.45, 2.75) is 19.5 Å². The van der Waals surface area contributed by atoms with Gasteiger partial charge in [-0.3, -0.25) is 15.0 Å². The molecule has 210 valence electrons. The van der Waals surface area contributed by atoms with Crippen molar-refractivity contribution in [2.24, 2.45) is 0 Å². The standard InChI is InChI=1S/C31H31N4O6/c1-38-30-14-21(17-32-9-11-33(12-10-32)22-3-5-23(6-4-22)35(36)37)24-15-27-25-16-29-28(40-19-41-29)13-20(25)7-8-34(27)18-26(24)31(30)39-2/h3-6,13-16,18H,7-12,17,19H2,1-2H3/q+1. The topological polar surface area (TPSA) is 90.4 Å². The van der Waals surface area contributed by atoms with E-state index in [9.17, 15) is 10.1 Å². The Bertz CT molecular complexity index is 1660. The maximum Gasteiger partial charge on any atom is 0.269 e. The highest BCUT2D eigenvalue weighted by Gasteiger charge is 2.30. The fourth-order valence-electron chi connectivity index (χ4n) is 6.24. The van der Waals surface area contributed by atoms with Crippen molar-refractivity contribution in [1.29, 1.82) is 0 Å². The van der Waals surface area contributed by atoms with Gasteiger partial charge in [0.2, 0.25) is 12.5 Å². The number of nitro benzene ring substituents is 1. The summed E-state index contributed by atoms with van der Waals surface area (Å²) in [6, 6.07) is 15.4. The summed E-state index contributed by atoms with van der Waals surface area (Å²) < 4.78 is 25.3. The van der Waals surface area contributed by atoms with E-state index in [1.807, 2.05) is 12.1 Å². The average Bonchev–Trinajstić information content (AvgIpc) is 3.47. The van der Waals surface area contributed by atoms with Crippen LogP contribution >= 0.6 is 0 Å². The molecule has 0 saturated carbocycles. The predicted octanol–water partition coefficient (Wildman–Crippen LogP) is 4.33. The van der Waals surface area contributed by atoms with E-state index < -0.39 is 0 Å². The van der Waals surface area contributed by atoms with Crippen LogP contribution in [-0.2, 0) is 19.5 Å². The molecule has 0 unspecified atom stereocenters. The lowest BCUT2D eigenvalue weighted by molar-refractivity contribution is -0.686. The number of nitro groups is 1. The highest BCUT2D eigenvalue weighted by Crippen LogP contribution is 2.43. The Hall–Kier alpha value is -4.57. The Balaban J connectivity index is 1.21. The molecule has 1 saturated heterocycles. The number of benzene rings is 3. The van der Waals surface area contributed by atoms with Gasteiger partial charge >= 0.3 is 0 Å². The Morgan fingerprint density at radius 1 is 0.951 bits per heavy atom. The molecule has 0 spiro atoms.